The number of hydrogen-bond acceptors (Lipinski definition) is 2. The fraction of sp³-hybridized carbons (Fsp3) is 0.452. The van der Waals surface area contributed by atoms with Gasteiger partial charge in [0.25, 0.3) is 0 Å². The van der Waals surface area contributed by atoms with Crippen LogP contribution in [0.3, 0.4) is 0 Å². The standard InChI is InChI=1S/C42H58O2/c1-11-44-40(43)37(27-29-39-36(6)24-17-31-42(39,9)10)25-15-22-33(3)19-13-12-18-32(2)20-14-21-34(4)26-28-38-35(5)23-16-30-41(38,7)8/h12-15,18-22,25-29H,11,16-17,23-24,30-31H2,1-10H3/b13-12+,20-14+,22-15+,28-26+,29-27+,32-18+,33-19+,34-21+,37-25+. The molecule has 0 aromatic carbocycles. The maximum Gasteiger partial charge on any atom is 0.338 e. The summed E-state index contributed by atoms with van der Waals surface area (Å²) < 4.78 is 5.32. The molecule has 0 aliphatic heterocycles. The summed E-state index contributed by atoms with van der Waals surface area (Å²) in [6, 6.07) is 0. The lowest BCUT2D eigenvalue weighted by molar-refractivity contribution is -0.138. The Labute approximate surface area is 269 Å². The highest BCUT2D eigenvalue weighted by molar-refractivity contribution is 5.92. The van der Waals surface area contributed by atoms with Gasteiger partial charge in [0, 0.05) is 0 Å². The summed E-state index contributed by atoms with van der Waals surface area (Å²) >= 11 is 0. The van der Waals surface area contributed by atoms with E-state index in [1.54, 1.807) is 0 Å². The Bertz CT molecular complexity index is 1350. The number of esters is 1. The quantitative estimate of drug-likeness (QED) is 0.128. The van der Waals surface area contributed by atoms with Crippen molar-refractivity contribution >= 4 is 5.97 Å². The molecule has 0 heterocycles. The van der Waals surface area contributed by atoms with Gasteiger partial charge in [-0.1, -0.05) is 128 Å². The Morgan fingerprint density at radius 3 is 1.57 bits per heavy atom. The monoisotopic (exact) mass is 594 g/mol. The van der Waals surface area contributed by atoms with E-state index in [1.165, 1.54) is 59.1 Å². The van der Waals surface area contributed by atoms with Gasteiger partial charge in [-0.15, -0.1) is 0 Å². The molecular weight excluding hydrogens is 536 g/mol. The summed E-state index contributed by atoms with van der Waals surface area (Å²) in [6.45, 7) is 22.3. The van der Waals surface area contributed by atoms with E-state index in [0.717, 1.165) is 18.4 Å². The lowest BCUT2D eigenvalue weighted by atomic mass is 9.72. The zero-order chi connectivity index (χ0) is 32.8. The SMILES string of the molecule is CCOC(=O)C(/C=C/C1=C(C)CCCC1(C)C)=C/C=C/C(C)=C/C=C/C=C(C)/C=C/C=C(C)/C=C/C1=C(C)CCCC1(C)C. The molecule has 0 atom stereocenters. The fourth-order valence-electron chi connectivity index (χ4n) is 6.05. The molecule has 0 aromatic heterocycles. The minimum absolute atomic E-state index is 0.124. The lowest BCUT2D eigenvalue weighted by Gasteiger charge is -2.33. The van der Waals surface area contributed by atoms with Crippen LogP contribution in [-0.2, 0) is 9.53 Å². The molecule has 0 aromatic rings. The average Bonchev–Trinajstić information content (AvgIpc) is 2.93. The van der Waals surface area contributed by atoms with Gasteiger partial charge in [-0.25, -0.2) is 4.79 Å². The zero-order valence-electron chi connectivity index (χ0n) is 29.3. The van der Waals surface area contributed by atoms with Crippen molar-refractivity contribution < 1.29 is 9.53 Å². The highest BCUT2D eigenvalue weighted by Crippen LogP contribution is 2.41. The van der Waals surface area contributed by atoms with E-state index in [0.29, 0.717) is 12.2 Å². The second-order valence-electron chi connectivity index (χ2n) is 13.7. The summed E-state index contributed by atoms with van der Waals surface area (Å²) in [5.41, 5.74) is 10.2. The highest BCUT2D eigenvalue weighted by atomic mass is 16.5. The maximum atomic E-state index is 12.6. The Kier molecular flexibility index (Phi) is 14.9. The molecule has 2 nitrogen and oxygen atoms in total. The van der Waals surface area contributed by atoms with Gasteiger partial charge in [-0.3, -0.25) is 0 Å². The smallest absolute Gasteiger partial charge is 0.338 e. The molecular formula is C42H58O2. The Morgan fingerprint density at radius 2 is 1.09 bits per heavy atom. The van der Waals surface area contributed by atoms with Crippen LogP contribution < -0.4 is 0 Å². The number of carbonyl (C=O) groups is 1. The molecule has 0 unspecified atom stereocenters. The van der Waals surface area contributed by atoms with Gasteiger partial charge < -0.3 is 4.74 Å². The van der Waals surface area contributed by atoms with Crippen LogP contribution in [0, 0.1) is 10.8 Å². The second kappa shape index (κ2) is 17.8. The lowest BCUT2D eigenvalue weighted by Crippen LogP contribution is -2.19. The molecule has 0 fully saturated rings. The number of hydrogen-bond donors (Lipinski definition) is 0. The molecule has 0 amide bonds. The largest absolute Gasteiger partial charge is 0.462 e. The van der Waals surface area contributed by atoms with Crippen molar-refractivity contribution in [3.05, 3.63) is 130 Å². The molecule has 0 bridgehead atoms. The van der Waals surface area contributed by atoms with Crippen molar-refractivity contribution in [1.82, 2.24) is 0 Å². The average molecular weight is 595 g/mol. The van der Waals surface area contributed by atoms with Gasteiger partial charge in [0.1, 0.15) is 0 Å². The van der Waals surface area contributed by atoms with Gasteiger partial charge in [-0.05, 0) is 114 Å². The van der Waals surface area contributed by atoms with Crippen molar-refractivity contribution in [1.29, 1.82) is 0 Å². The third-order valence-electron chi connectivity index (χ3n) is 8.72. The van der Waals surface area contributed by atoms with Crippen LogP contribution in [0.5, 0.6) is 0 Å². The first-order valence-corrected chi connectivity index (χ1v) is 16.5. The Hall–Kier alpha value is -3.39. The van der Waals surface area contributed by atoms with Crippen LogP contribution in [0.4, 0.5) is 0 Å². The van der Waals surface area contributed by atoms with Crippen LogP contribution in [0.2, 0.25) is 0 Å². The van der Waals surface area contributed by atoms with E-state index in [-0.39, 0.29) is 16.8 Å². The Balaban J connectivity index is 2.02. The van der Waals surface area contributed by atoms with Crippen LogP contribution in [-0.4, -0.2) is 12.6 Å². The molecule has 2 aliphatic carbocycles. The molecule has 0 saturated heterocycles. The number of carbonyl (C=O) groups excluding carboxylic acids is 1. The molecule has 2 aliphatic rings. The second-order valence-corrected chi connectivity index (χ2v) is 13.7. The van der Waals surface area contributed by atoms with Crippen LogP contribution >= 0.6 is 0 Å². The number of allylic oxidation sites excluding steroid dienone is 20. The van der Waals surface area contributed by atoms with Gasteiger partial charge in [0.15, 0.2) is 0 Å². The zero-order valence-corrected chi connectivity index (χ0v) is 29.3. The summed E-state index contributed by atoms with van der Waals surface area (Å²) in [5.74, 6) is -0.294. The normalized spacial score (nSPS) is 20.9. The predicted octanol–water partition coefficient (Wildman–Crippen LogP) is 12.1. The number of rotatable bonds is 12. The topological polar surface area (TPSA) is 26.3 Å². The van der Waals surface area contributed by atoms with E-state index in [1.807, 2.05) is 37.3 Å². The van der Waals surface area contributed by atoms with Gasteiger partial charge in [0.2, 0.25) is 0 Å². The minimum atomic E-state index is -0.294. The van der Waals surface area contributed by atoms with Gasteiger partial charge in [-0.2, -0.15) is 0 Å². The van der Waals surface area contributed by atoms with E-state index in [4.69, 9.17) is 4.74 Å². The molecule has 0 radical (unpaired) electrons. The summed E-state index contributed by atoms with van der Waals surface area (Å²) in [5, 5.41) is 0. The first-order valence-electron chi connectivity index (χ1n) is 16.5. The first-order chi connectivity index (χ1) is 20.8. The van der Waals surface area contributed by atoms with Crippen molar-refractivity contribution in [3.8, 4) is 0 Å². The third-order valence-corrected chi connectivity index (χ3v) is 8.72. The maximum absolute atomic E-state index is 12.6. The summed E-state index contributed by atoms with van der Waals surface area (Å²) in [7, 11) is 0. The van der Waals surface area contributed by atoms with E-state index in [9.17, 15) is 4.79 Å². The van der Waals surface area contributed by atoms with E-state index in [2.05, 4.69) is 117 Å². The van der Waals surface area contributed by atoms with Crippen LogP contribution in [0.25, 0.3) is 0 Å². The van der Waals surface area contributed by atoms with Gasteiger partial charge >= 0.3 is 5.97 Å². The fourth-order valence-corrected chi connectivity index (χ4v) is 6.05. The van der Waals surface area contributed by atoms with E-state index >= 15 is 0 Å². The summed E-state index contributed by atoms with van der Waals surface area (Å²) in [4.78, 5) is 12.6. The molecule has 2 rings (SSSR count). The third kappa shape index (κ3) is 12.3. The molecule has 0 saturated carbocycles. The number of ether oxygens (including phenoxy) is 1. The molecule has 44 heavy (non-hydrogen) atoms. The Morgan fingerprint density at radius 1 is 0.659 bits per heavy atom. The van der Waals surface area contributed by atoms with Crippen molar-refractivity contribution in [2.75, 3.05) is 6.61 Å². The molecule has 2 heteroatoms. The van der Waals surface area contributed by atoms with E-state index < -0.39 is 0 Å². The molecule has 0 N–H and O–H groups in total. The van der Waals surface area contributed by atoms with Crippen molar-refractivity contribution in [2.45, 2.75) is 108 Å². The summed E-state index contributed by atoms with van der Waals surface area (Å²) in [6.07, 6.45) is 36.3. The molecule has 0 spiro atoms. The van der Waals surface area contributed by atoms with Crippen LogP contribution in [0.1, 0.15) is 108 Å². The minimum Gasteiger partial charge on any atom is -0.462 e. The van der Waals surface area contributed by atoms with Crippen LogP contribution in [0.15, 0.2) is 130 Å². The molecule has 238 valence electrons. The first kappa shape index (κ1) is 36.8. The van der Waals surface area contributed by atoms with Crippen molar-refractivity contribution in [2.24, 2.45) is 10.8 Å². The van der Waals surface area contributed by atoms with Gasteiger partial charge in [0.05, 0.1) is 12.2 Å². The van der Waals surface area contributed by atoms with Crippen molar-refractivity contribution in [3.63, 3.8) is 0 Å². The highest BCUT2D eigenvalue weighted by Gasteiger charge is 2.27. The predicted molar refractivity (Wildman–Crippen MR) is 192 cm³/mol.